The lowest BCUT2D eigenvalue weighted by molar-refractivity contribution is -0.145. The number of aryl methyl sites for hydroxylation is 2. The van der Waals surface area contributed by atoms with E-state index < -0.39 is 0 Å². The van der Waals surface area contributed by atoms with Crippen molar-refractivity contribution in [3.8, 4) is 16.9 Å². The van der Waals surface area contributed by atoms with Crippen LogP contribution in [0.2, 0.25) is 0 Å². The Morgan fingerprint density at radius 2 is 2.06 bits per heavy atom. The number of hydrogen-bond acceptors (Lipinski definition) is 6. The summed E-state index contributed by atoms with van der Waals surface area (Å²) in [6, 6.07) is 5.86. The van der Waals surface area contributed by atoms with Crippen molar-refractivity contribution in [1.29, 1.82) is 0 Å². The molecule has 1 fully saturated rings. The molecule has 36 heavy (non-hydrogen) atoms. The first-order valence-corrected chi connectivity index (χ1v) is 12.1. The molecule has 4 rings (SSSR count). The molecule has 1 aromatic heterocycles. The molecule has 6 nitrogen and oxygen atoms in total. The minimum absolute atomic E-state index is 0.0678. The van der Waals surface area contributed by atoms with E-state index in [0.717, 1.165) is 53.0 Å². The van der Waals surface area contributed by atoms with E-state index in [1.54, 1.807) is 19.3 Å². The number of benzene rings is 1. The lowest BCUT2D eigenvalue weighted by atomic mass is 9.94. The SMILES string of the molecule is COC(=O)[C@H]1CC[C@@H](/C=C(\CO)c2cc(-c3c(C)noc3C)ccc2OC)C1.FC1=CCC=CC=C1. The molecule has 0 bridgehead atoms. The summed E-state index contributed by atoms with van der Waals surface area (Å²) in [5, 5.41) is 14.1. The molecule has 2 aliphatic carbocycles. The van der Waals surface area contributed by atoms with Gasteiger partial charge in [-0.2, -0.15) is 0 Å². The number of aromatic nitrogens is 1. The Morgan fingerprint density at radius 1 is 1.25 bits per heavy atom. The fourth-order valence-corrected chi connectivity index (χ4v) is 4.62. The zero-order valence-corrected chi connectivity index (χ0v) is 21.3. The summed E-state index contributed by atoms with van der Waals surface area (Å²) in [7, 11) is 3.04. The van der Waals surface area contributed by atoms with Gasteiger partial charge in [0.1, 0.15) is 17.3 Å². The summed E-state index contributed by atoms with van der Waals surface area (Å²) in [6.45, 7) is 3.68. The molecule has 0 aliphatic heterocycles. The molecule has 7 heteroatoms. The summed E-state index contributed by atoms with van der Waals surface area (Å²) >= 11 is 0. The van der Waals surface area contributed by atoms with Crippen molar-refractivity contribution in [2.75, 3.05) is 20.8 Å². The maximum absolute atomic E-state index is 12.2. The van der Waals surface area contributed by atoms with Gasteiger partial charge >= 0.3 is 5.97 Å². The van der Waals surface area contributed by atoms with Crippen LogP contribution in [-0.2, 0) is 9.53 Å². The fourth-order valence-electron chi connectivity index (χ4n) is 4.62. The molecule has 0 amide bonds. The highest BCUT2D eigenvalue weighted by Gasteiger charge is 2.30. The molecule has 2 atom stereocenters. The third kappa shape index (κ3) is 6.82. The molecule has 1 saturated carbocycles. The summed E-state index contributed by atoms with van der Waals surface area (Å²) < 4.78 is 27.9. The second-order valence-electron chi connectivity index (χ2n) is 8.87. The molecule has 0 spiro atoms. The predicted molar refractivity (Wildman–Crippen MR) is 138 cm³/mol. The Labute approximate surface area is 211 Å². The second kappa shape index (κ2) is 13.0. The van der Waals surface area contributed by atoms with Gasteiger partial charge in [-0.3, -0.25) is 4.79 Å². The lowest BCUT2D eigenvalue weighted by Gasteiger charge is -2.15. The number of methoxy groups -OCH3 is 2. The molecule has 1 aromatic carbocycles. The van der Waals surface area contributed by atoms with E-state index in [4.69, 9.17) is 14.0 Å². The van der Waals surface area contributed by atoms with Crippen LogP contribution in [0.3, 0.4) is 0 Å². The smallest absolute Gasteiger partial charge is 0.308 e. The molecule has 1 heterocycles. The van der Waals surface area contributed by atoms with Gasteiger partial charge < -0.3 is 19.1 Å². The van der Waals surface area contributed by atoms with E-state index in [0.29, 0.717) is 12.2 Å². The number of carbonyl (C=O) groups excluding carboxylic acids is 1. The highest BCUT2D eigenvalue weighted by molar-refractivity contribution is 5.78. The number of carbonyl (C=O) groups is 1. The number of esters is 1. The molecule has 0 radical (unpaired) electrons. The number of allylic oxidation sites excluding steroid dienone is 7. The van der Waals surface area contributed by atoms with Crippen LogP contribution >= 0.6 is 0 Å². The molecule has 192 valence electrons. The van der Waals surface area contributed by atoms with Gasteiger partial charge in [0.25, 0.3) is 0 Å². The minimum atomic E-state index is -0.153. The van der Waals surface area contributed by atoms with Crippen LogP contribution in [0.15, 0.2) is 65.0 Å². The summed E-state index contributed by atoms with van der Waals surface area (Å²) in [4.78, 5) is 11.8. The fraction of sp³-hybridized carbons (Fsp3) is 0.379. The maximum atomic E-state index is 12.2. The summed E-state index contributed by atoms with van der Waals surface area (Å²) in [5.41, 5.74) is 4.36. The van der Waals surface area contributed by atoms with Crippen molar-refractivity contribution in [3.05, 3.63) is 77.5 Å². The highest BCUT2D eigenvalue weighted by Crippen LogP contribution is 2.38. The number of aliphatic hydroxyl groups is 1. The van der Waals surface area contributed by atoms with Gasteiger partial charge in [-0.15, -0.1) is 0 Å². The van der Waals surface area contributed by atoms with Crippen LogP contribution in [0.25, 0.3) is 16.7 Å². The molecule has 1 N–H and O–H groups in total. The number of aliphatic hydroxyl groups excluding tert-OH is 1. The Kier molecular flexibility index (Phi) is 9.82. The monoisotopic (exact) mass is 495 g/mol. The Hall–Kier alpha value is -3.45. The normalized spacial score (nSPS) is 19.3. The molecule has 2 aromatic rings. The van der Waals surface area contributed by atoms with Gasteiger partial charge in [-0.05, 0) is 80.9 Å². The molecular formula is C29H34FNO5. The molecule has 0 saturated heterocycles. The van der Waals surface area contributed by atoms with Crippen LogP contribution < -0.4 is 4.74 Å². The van der Waals surface area contributed by atoms with Gasteiger partial charge in [0.05, 0.1) is 32.4 Å². The number of halogens is 1. The Morgan fingerprint density at radius 3 is 2.72 bits per heavy atom. The van der Waals surface area contributed by atoms with Crippen molar-refractivity contribution >= 4 is 11.5 Å². The van der Waals surface area contributed by atoms with Gasteiger partial charge in [-0.1, -0.05) is 35.5 Å². The third-order valence-electron chi connectivity index (χ3n) is 6.43. The van der Waals surface area contributed by atoms with Gasteiger partial charge in [0.2, 0.25) is 0 Å². The Balaban J connectivity index is 0.000000383. The van der Waals surface area contributed by atoms with Crippen molar-refractivity contribution in [2.24, 2.45) is 11.8 Å². The van der Waals surface area contributed by atoms with E-state index in [2.05, 4.69) is 11.2 Å². The number of rotatable bonds is 6. The maximum Gasteiger partial charge on any atom is 0.308 e. The average Bonchev–Trinajstić information content (AvgIpc) is 3.41. The van der Waals surface area contributed by atoms with E-state index in [1.807, 2.05) is 44.2 Å². The minimum Gasteiger partial charge on any atom is -0.496 e. The first-order valence-electron chi connectivity index (χ1n) is 12.1. The molecule has 2 aliphatic rings. The van der Waals surface area contributed by atoms with Crippen molar-refractivity contribution in [1.82, 2.24) is 5.16 Å². The van der Waals surface area contributed by atoms with Crippen LogP contribution in [0.1, 0.15) is 42.7 Å². The molecule has 0 unspecified atom stereocenters. The zero-order valence-electron chi connectivity index (χ0n) is 21.3. The summed E-state index contributed by atoms with van der Waals surface area (Å²) in [6.07, 6.45) is 13.6. The van der Waals surface area contributed by atoms with E-state index >= 15 is 0 Å². The zero-order chi connectivity index (χ0) is 26.1. The number of ether oxygens (including phenoxy) is 2. The second-order valence-corrected chi connectivity index (χ2v) is 8.87. The summed E-state index contributed by atoms with van der Waals surface area (Å²) in [5.74, 6) is 1.30. The van der Waals surface area contributed by atoms with Crippen LogP contribution in [-0.4, -0.2) is 37.1 Å². The third-order valence-corrected chi connectivity index (χ3v) is 6.43. The first kappa shape index (κ1) is 27.1. The van der Waals surface area contributed by atoms with Crippen LogP contribution in [0.4, 0.5) is 4.39 Å². The molecular weight excluding hydrogens is 461 g/mol. The van der Waals surface area contributed by atoms with Crippen LogP contribution in [0.5, 0.6) is 5.75 Å². The lowest BCUT2D eigenvalue weighted by Crippen LogP contribution is -2.12. The van der Waals surface area contributed by atoms with E-state index in [1.165, 1.54) is 13.2 Å². The van der Waals surface area contributed by atoms with Gasteiger partial charge in [-0.25, -0.2) is 4.39 Å². The van der Waals surface area contributed by atoms with Gasteiger partial charge in [0, 0.05) is 11.1 Å². The Bertz CT molecular complexity index is 1150. The van der Waals surface area contributed by atoms with E-state index in [-0.39, 0.29) is 30.2 Å². The first-order chi connectivity index (χ1) is 17.4. The van der Waals surface area contributed by atoms with Gasteiger partial charge in [0.15, 0.2) is 0 Å². The standard InChI is InChI=1S/C22H27NO5.C7H7F/c1-13-21(14(2)28-23-13)16-7-8-20(26-3)19(11-16)18(12-24)10-15-5-6-17(9-15)22(25)27-4;8-7-5-3-1-2-4-6-7/h7-8,10-11,15,17,24H,5-6,9,12H2,1-4H3;1-3,5-6H,4H2/b18-10+;/t15-,17+;/m1./s1. The number of nitrogens with zero attached hydrogens (tertiary/aromatic N) is 1. The van der Waals surface area contributed by atoms with Crippen molar-refractivity contribution in [2.45, 2.75) is 39.5 Å². The quantitative estimate of drug-likeness (QED) is 0.475. The van der Waals surface area contributed by atoms with Crippen molar-refractivity contribution < 1.29 is 28.3 Å². The number of hydrogen-bond donors (Lipinski definition) is 1. The van der Waals surface area contributed by atoms with Crippen molar-refractivity contribution in [3.63, 3.8) is 0 Å². The highest BCUT2D eigenvalue weighted by atomic mass is 19.1. The van der Waals surface area contributed by atoms with Crippen LogP contribution in [0, 0.1) is 25.7 Å². The largest absolute Gasteiger partial charge is 0.496 e. The van der Waals surface area contributed by atoms with E-state index in [9.17, 15) is 14.3 Å². The average molecular weight is 496 g/mol. The predicted octanol–water partition coefficient (Wildman–Crippen LogP) is 6.29. The topological polar surface area (TPSA) is 81.8 Å².